The van der Waals surface area contributed by atoms with Crippen LogP contribution in [0.3, 0.4) is 0 Å². The van der Waals surface area contributed by atoms with Crippen molar-refractivity contribution in [2.24, 2.45) is 17.7 Å². The first kappa shape index (κ1) is 10.9. The van der Waals surface area contributed by atoms with E-state index >= 15 is 0 Å². The van der Waals surface area contributed by atoms with Crippen LogP contribution in [0.2, 0.25) is 0 Å². The molecule has 0 unspecified atom stereocenters. The third-order valence-corrected chi connectivity index (χ3v) is 3.50. The Balaban J connectivity index is 1.69. The summed E-state index contributed by atoms with van der Waals surface area (Å²) in [7, 11) is 0. The molecule has 1 saturated carbocycles. The number of likely N-dealkylation sites (tertiary alicyclic amines) is 1. The third kappa shape index (κ3) is 2.92. The van der Waals surface area contributed by atoms with Gasteiger partial charge in [-0.05, 0) is 38.0 Å². The van der Waals surface area contributed by atoms with Gasteiger partial charge in [-0.15, -0.1) is 0 Å². The molecule has 0 bridgehead atoms. The highest BCUT2D eigenvalue weighted by Crippen LogP contribution is 2.32. The second kappa shape index (κ2) is 4.94. The zero-order valence-electron chi connectivity index (χ0n) is 9.15. The fraction of sp³-hybridized carbons (Fsp3) is 0.909. The van der Waals surface area contributed by atoms with Gasteiger partial charge in [0, 0.05) is 19.0 Å². The summed E-state index contributed by atoms with van der Waals surface area (Å²) in [4.78, 5) is 18.4. The van der Waals surface area contributed by atoms with E-state index in [0.717, 1.165) is 45.2 Å². The molecule has 0 radical (unpaired) electrons. The predicted octanol–water partition coefficient (Wildman–Crippen LogP) is 0.915. The minimum Gasteiger partial charge on any atom is -0.342 e. The molecule has 1 aliphatic heterocycles. The van der Waals surface area contributed by atoms with E-state index in [1.165, 1.54) is 0 Å². The van der Waals surface area contributed by atoms with E-state index in [0.29, 0.717) is 24.3 Å². The highest BCUT2D eigenvalue weighted by molar-refractivity contribution is 5.81. The predicted molar refractivity (Wildman–Crippen MR) is 56.8 cm³/mol. The van der Waals surface area contributed by atoms with Crippen molar-refractivity contribution in [1.82, 2.24) is 4.90 Å². The smallest absolute Gasteiger partial charge is 0.225 e. The lowest BCUT2D eigenvalue weighted by Gasteiger charge is -2.32. The van der Waals surface area contributed by atoms with Crippen LogP contribution in [0.1, 0.15) is 32.1 Å². The normalized spacial score (nSPS) is 23.1. The Morgan fingerprint density at radius 1 is 1.27 bits per heavy atom. The third-order valence-electron chi connectivity index (χ3n) is 3.50. The molecule has 0 aromatic carbocycles. The second-order valence-corrected chi connectivity index (χ2v) is 4.70. The maximum Gasteiger partial charge on any atom is 0.225 e. The summed E-state index contributed by atoms with van der Waals surface area (Å²) >= 11 is 0. The number of piperidine rings is 1. The van der Waals surface area contributed by atoms with E-state index in [1.807, 2.05) is 4.90 Å². The largest absolute Gasteiger partial charge is 0.342 e. The number of hydrogen-bond acceptors (Lipinski definition) is 3. The van der Waals surface area contributed by atoms with Gasteiger partial charge in [-0.2, -0.15) is 0 Å². The lowest BCUT2D eigenvalue weighted by Crippen LogP contribution is -2.39. The van der Waals surface area contributed by atoms with E-state index in [4.69, 9.17) is 5.90 Å². The molecular formula is C11H20N2O2. The summed E-state index contributed by atoms with van der Waals surface area (Å²) in [6.07, 6.45) is 5.48. The average molecular weight is 212 g/mol. The Hall–Kier alpha value is -0.610. The Bertz CT molecular complexity index is 221. The fourth-order valence-corrected chi connectivity index (χ4v) is 2.27. The molecule has 4 heteroatoms. The number of nitrogens with zero attached hydrogens (tertiary/aromatic N) is 1. The van der Waals surface area contributed by atoms with Gasteiger partial charge in [-0.25, -0.2) is 5.90 Å². The zero-order valence-corrected chi connectivity index (χ0v) is 9.15. The van der Waals surface area contributed by atoms with Gasteiger partial charge in [0.1, 0.15) is 0 Å². The van der Waals surface area contributed by atoms with Crippen LogP contribution in [0.4, 0.5) is 0 Å². The fourth-order valence-electron chi connectivity index (χ4n) is 2.27. The first-order valence-electron chi connectivity index (χ1n) is 5.91. The maximum absolute atomic E-state index is 11.8. The van der Waals surface area contributed by atoms with Crippen molar-refractivity contribution < 1.29 is 9.63 Å². The summed E-state index contributed by atoms with van der Waals surface area (Å²) in [5.74, 6) is 6.46. The summed E-state index contributed by atoms with van der Waals surface area (Å²) in [5.41, 5.74) is 0. The Morgan fingerprint density at radius 3 is 2.47 bits per heavy atom. The van der Waals surface area contributed by atoms with Crippen LogP contribution >= 0.6 is 0 Å². The molecule has 1 aliphatic carbocycles. The SMILES string of the molecule is NOCCC1CCN(C(=O)C2CC2)CC1. The van der Waals surface area contributed by atoms with Crippen molar-refractivity contribution >= 4 is 5.91 Å². The van der Waals surface area contributed by atoms with Crippen LogP contribution in [0.15, 0.2) is 0 Å². The molecule has 0 spiro atoms. The van der Waals surface area contributed by atoms with E-state index in [1.54, 1.807) is 0 Å². The monoisotopic (exact) mass is 212 g/mol. The molecule has 1 heterocycles. The van der Waals surface area contributed by atoms with Crippen molar-refractivity contribution in [2.75, 3.05) is 19.7 Å². The first-order chi connectivity index (χ1) is 7.31. The van der Waals surface area contributed by atoms with Crippen LogP contribution in [-0.2, 0) is 9.63 Å². The van der Waals surface area contributed by atoms with E-state index in [2.05, 4.69) is 4.84 Å². The number of nitrogens with two attached hydrogens (primary N) is 1. The molecule has 15 heavy (non-hydrogen) atoms. The van der Waals surface area contributed by atoms with Gasteiger partial charge in [0.2, 0.25) is 5.91 Å². The number of hydrogen-bond donors (Lipinski definition) is 1. The zero-order chi connectivity index (χ0) is 10.7. The first-order valence-corrected chi connectivity index (χ1v) is 5.91. The number of amides is 1. The van der Waals surface area contributed by atoms with Gasteiger partial charge >= 0.3 is 0 Å². The summed E-state index contributed by atoms with van der Waals surface area (Å²) in [5, 5.41) is 0. The topological polar surface area (TPSA) is 55.6 Å². The highest BCUT2D eigenvalue weighted by atomic mass is 16.6. The van der Waals surface area contributed by atoms with E-state index in [-0.39, 0.29) is 0 Å². The van der Waals surface area contributed by atoms with Crippen LogP contribution in [0.5, 0.6) is 0 Å². The van der Waals surface area contributed by atoms with Gasteiger partial charge < -0.3 is 9.74 Å². The lowest BCUT2D eigenvalue weighted by molar-refractivity contribution is -0.134. The molecule has 2 fully saturated rings. The number of carbonyl (C=O) groups excluding carboxylic acids is 1. The molecule has 0 atom stereocenters. The quantitative estimate of drug-likeness (QED) is 0.705. The van der Waals surface area contributed by atoms with Gasteiger partial charge in [0.05, 0.1) is 6.61 Å². The van der Waals surface area contributed by atoms with E-state index < -0.39 is 0 Å². The summed E-state index contributed by atoms with van der Waals surface area (Å²) < 4.78 is 0. The van der Waals surface area contributed by atoms with Crippen LogP contribution in [-0.4, -0.2) is 30.5 Å². The van der Waals surface area contributed by atoms with Crippen molar-refractivity contribution in [3.8, 4) is 0 Å². The molecule has 2 N–H and O–H groups in total. The Morgan fingerprint density at radius 2 is 1.93 bits per heavy atom. The average Bonchev–Trinajstić information content (AvgIpc) is 3.10. The molecule has 2 rings (SSSR count). The number of carbonyl (C=O) groups is 1. The minimum absolute atomic E-state index is 0.369. The van der Waals surface area contributed by atoms with Crippen molar-refractivity contribution in [3.05, 3.63) is 0 Å². The lowest BCUT2D eigenvalue weighted by atomic mass is 9.94. The standard InChI is InChI=1S/C11H20N2O2/c12-15-8-5-9-3-6-13(7-4-9)11(14)10-1-2-10/h9-10H,1-8,12H2. The molecule has 1 amide bonds. The minimum atomic E-state index is 0.369. The molecule has 4 nitrogen and oxygen atoms in total. The number of rotatable bonds is 4. The van der Waals surface area contributed by atoms with E-state index in [9.17, 15) is 4.79 Å². The second-order valence-electron chi connectivity index (χ2n) is 4.70. The Labute approximate surface area is 90.7 Å². The Kier molecular flexibility index (Phi) is 3.59. The van der Waals surface area contributed by atoms with Gasteiger partial charge in [-0.3, -0.25) is 4.79 Å². The molecule has 2 aliphatic rings. The van der Waals surface area contributed by atoms with Crippen molar-refractivity contribution in [3.63, 3.8) is 0 Å². The van der Waals surface area contributed by atoms with Crippen LogP contribution in [0.25, 0.3) is 0 Å². The van der Waals surface area contributed by atoms with Gasteiger partial charge in [-0.1, -0.05) is 0 Å². The van der Waals surface area contributed by atoms with Crippen LogP contribution in [0, 0.1) is 11.8 Å². The molecule has 0 aromatic rings. The molecule has 86 valence electrons. The van der Waals surface area contributed by atoms with Gasteiger partial charge in [0.15, 0.2) is 0 Å². The van der Waals surface area contributed by atoms with Crippen molar-refractivity contribution in [2.45, 2.75) is 32.1 Å². The van der Waals surface area contributed by atoms with Gasteiger partial charge in [0.25, 0.3) is 0 Å². The molecular weight excluding hydrogens is 192 g/mol. The van der Waals surface area contributed by atoms with Crippen LogP contribution < -0.4 is 5.90 Å². The highest BCUT2D eigenvalue weighted by Gasteiger charge is 2.34. The molecule has 1 saturated heterocycles. The summed E-state index contributed by atoms with van der Waals surface area (Å²) in [6, 6.07) is 0. The molecule has 0 aromatic heterocycles. The summed E-state index contributed by atoms with van der Waals surface area (Å²) in [6.45, 7) is 2.51. The maximum atomic E-state index is 11.8. The van der Waals surface area contributed by atoms with Crippen molar-refractivity contribution in [1.29, 1.82) is 0 Å².